The summed E-state index contributed by atoms with van der Waals surface area (Å²) in [7, 11) is -9.90. The van der Waals surface area contributed by atoms with Crippen LogP contribution in [0.15, 0.2) is 0 Å². The van der Waals surface area contributed by atoms with Crippen LogP contribution in [0.2, 0.25) is 0 Å². The molecule has 19 heteroatoms. The van der Waals surface area contributed by atoms with Crippen LogP contribution in [0.3, 0.4) is 0 Å². The fourth-order valence-electron chi connectivity index (χ4n) is 10.9. The number of carbonyl (C=O) groups is 4. The van der Waals surface area contributed by atoms with Crippen LogP contribution in [0.1, 0.15) is 369 Å². The SMILES string of the molecule is CCCCCCCCCCCCCCCCCCC(=O)O[C@H](COC(=O)CCCCCCCCCCCCCCC)COP(=O)(O)OC[C@@H](O)COP(=O)(O)OC[C@@H](COC(=O)CCCCCCCCCCC(C)C)OC(=O)CCCCCCCCCCC(C)C. The Labute approximate surface area is 556 Å². The third kappa shape index (κ3) is 66.5. The lowest BCUT2D eigenvalue weighted by atomic mass is 10.0. The second-order valence-electron chi connectivity index (χ2n) is 26.9. The molecule has 5 atom stereocenters. The number of esters is 4. The Morgan fingerprint density at radius 1 is 0.297 bits per heavy atom. The van der Waals surface area contributed by atoms with E-state index in [1.807, 2.05) is 0 Å². The van der Waals surface area contributed by atoms with E-state index < -0.39 is 97.5 Å². The summed E-state index contributed by atoms with van der Waals surface area (Å²) in [6.07, 6.45) is 50.0. The number of aliphatic hydroxyl groups excluding tert-OH is 1. The number of rotatable bonds is 71. The summed E-state index contributed by atoms with van der Waals surface area (Å²) in [4.78, 5) is 72.6. The van der Waals surface area contributed by atoms with E-state index in [0.717, 1.165) is 102 Å². The Hall–Kier alpha value is -1.94. The van der Waals surface area contributed by atoms with Crippen LogP contribution in [0.4, 0.5) is 0 Å². The van der Waals surface area contributed by atoms with Crippen LogP contribution < -0.4 is 0 Å². The van der Waals surface area contributed by atoms with Gasteiger partial charge >= 0.3 is 39.5 Å². The molecule has 0 aromatic heterocycles. The van der Waals surface area contributed by atoms with Crippen molar-refractivity contribution in [2.75, 3.05) is 39.6 Å². The Morgan fingerprint density at radius 2 is 0.505 bits per heavy atom. The van der Waals surface area contributed by atoms with Gasteiger partial charge < -0.3 is 33.8 Å². The van der Waals surface area contributed by atoms with Gasteiger partial charge in [0.1, 0.15) is 19.3 Å². The number of unbranched alkanes of at least 4 members (excludes halogenated alkanes) is 41. The zero-order chi connectivity index (χ0) is 67.2. The van der Waals surface area contributed by atoms with Gasteiger partial charge in [-0.15, -0.1) is 0 Å². The molecular formula is C72H140O17P2. The highest BCUT2D eigenvalue weighted by Crippen LogP contribution is 2.45. The molecule has 0 aromatic rings. The van der Waals surface area contributed by atoms with Crippen molar-refractivity contribution in [1.82, 2.24) is 0 Å². The summed E-state index contributed by atoms with van der Waals surface area (Å²) in [5.74, 6) is -0.677. The Balaban J connectivity index is 5.25. The Bertz CT molecular complexity index is 1770. The van der Waals surface area contributed by atoms with Crippen molar-refractivity contribution in [3.63, 3.8) is 0 Å². The number of hydrogen-bond donors (Lipinski definition) is 3. The normalized spacial score (nSPS) is 14.1. The molecule has 2 unspecified atom stereocenters. The van der Waals surface area contributed by atoms with Crippen molar-refractivity contribution >= 4 is 39.5 Å². The molecule has 17 nitrogen and oxygen atoms in total. The van der Waals surface area contributed by atoms with E-state index in [2.05, 4.69) is 41.5 Å². The molecule has 0 spiro atoms. The van der Waals surface area contributed by atoms with Crippen LogP contribution in [0.5, 0.6) is 0 Å². The fourth-order valence-corrected chi connectivity index (χ4v) is 12.5. The van der Waals surface area contributed by atoms with Crippen LogP contribution in [0, 0.1) is 11.8 Å². The molecule has 3 N–H and O–H groups in total. The van der Waals surface area contributed by atoms with Gasteiger partial charge in [-0.05, 0) is 37.5 Å². The lowest BCUT2D eigenvalue weighted by molar-refractivity contribution is -0.161. The molecule has 0 bridgehead atoms. The maximum absolute atomic E-state index is 13.0. The van der Waals surface area contributed by atoms with Crippen LogP contribution in [-0.2, 0) is 65.4 Å². The average molecular weight is 1340 g/mol. The summed E-state index contributed by atoms with van der Waals surface area (Å²) in [6.45, 7) is 9.49. The van der Waals surface area contributed by atoms with Crippen molar-refractivity contribution < 1.29 is 80.2 Å². The number of aliphatic hydroxyl groups is 1. The minimum absolute atomic E-state index is 0.104. The number of phosphoric ester groups is 2. The maximum atomic E-state index is 13.0. The first-order valence-electron chi connectivity index (χ1n) is 37.5. The molecule has 0 amide bonds. The summed E-state index contributed by atoms with van der Waals surface area (Å²) in [5, 5.41) is 10.6. The predicted molar refractivity (Wildman–Crippen MR) is 368 cm³/mol. The van der Waals surface area contributed by atoms with Gasteiger partial charge in [-0.1, -0.05) is 318 Å². The van der Waals surface area contributed by atoms with E-state index in [1.165, 1.54) is 186 Å². The molecule has 0 saturated carbocycles. The van der Waals surface area contributed by atoms with E-state index in [-0.39, 0.29) is 25.7 Å². The molecule has 0 heterocycles. The summed E-state index contributed by atoms with van der Waals surface area (Å²) < 4.78 is 68.4. The van der Waals surface area contributed by atoms with Crippen molar-refractivity contribution in [2.24, 2.45) is 11.8 Å². The molecule has 91 heavy (non-hydrogen) atoms. The lowest BCUT2D eigenvalue weighted by Crippen LogP contribution is -2.30. The summed E-state index contributed by atoms with van der Waals surface area (Å²) >= 11 is 0. The standard InChI is InChI=1S/C72H140O17P2/c1-7-9-11-13-15-17-19-21-22-23-25-27-29-38-44-50-56-71(76)88-67(60-82-69(74)54-48-42-36-28-26-24-20-18-16-14-12-10-8-2)62-86-90(78,79)84-58-66(73)59-85-91(80,81)87-63-68(89-72(77)57-51-45-39-33-31-35-41-47-53-65(5)6)61-83-70(75)55-49-43-37-32-30-34-40-46-52-64(3)4/h64-68,73H,7-63H2,1-6H3,(H,78,79)(H,80,81)/t66-,67-,68-/m1/s1. The molecule has 540 valence electrons. The quantitative estimate of drug-likeness (QED) is 0.0222. The van der Waals surface area contributed by atoms with Gasteiger partial charge in [0.25, 0.3) is 0 Å². The number of carbonyl (C=O) groups excluding carboxylic acids is 4. The molecule has 0 saturated heterocycles. The van der Waals surface area contributed by atoms with Gasteiger partial charge in [-0.25, -0.2) is 9.13 Å². The van der Waals surface area contributed by atoms with Gasteiger partial charge in [-0.2, -0.15) is 0 Å². The van der Waals surface area contributed by atoms with E-state index in [4.69, 9.17) is 37.0 Å². The average Bonchev–Trinajstić information content (AvgIpc) is 3.08. The molecule has 0 aliphatic heterocycles. The van der Waals surface area contributed by atoms with Gasteiger partial charge in [0.05, 0.1) is 26.4 Å². The molecule has 0 aliphatic rings. The highest BCUT2D eigenvalue weighted by atomic mass is 31.2. The summed E-state index contributed by atoms with van der Waals surface area (Å²) in [6, 6.07) is 0. The maximum Gasteiger partial charge on any atom is 0.472 e. The third-order valence-electron chi connectivity index (χ3n) is 16.7. The summed E-state index contributed by atoms with van der Waals surface area (Å²) in [5.41, 5.74) is 0. The molecular weight excluding hydrogens is 1200 g/mol. The first kappa shape index (κ1) is 89.1. The van der Waals surface area contributed by atoms with Crippen LogP contribution >= 0.6 is 15.6 Å². The van der Waals surface area contributed by atoms with E-state index >= 15 is 0 Å². The van der Waals surface area contributed by atoms with E-state index in [9.17, 15) is 43.2 Å². The lowest BCUT2D eigenvalue weighted by Gasteiger charge is -2.21. The van der Waals surface area contributed by atoms with Crippen molar-refractivity contribution in [2.45, 2.75) is 387 Å². The van der Waals surface area contributed by atoms with Gasteiger partial charge in [0, 0.05) is 25.7 Å². The van der Waals surface area contributed by atoms with Crippen LogP contribution in [-0.4, -0.2) is 96.7 Å². The predicted octanol–water partition coefficient (Wildman–Crippen LogP) is 20.8. The topological polar surface area (TPSA) is 237 Å². The smallest absolute Gasteiger partial charge is 0.462 e. The Kier molecular flexibility index (Phi) is 62.7. The minimum atomic E-state index is -4.95. The van der Waals surface area contributed by atoms with Gasteiger partial charge in [0.15, 0.2) is 12.2 Å². The largest absolute Gasteiger partial charge is 0.472 e. The molecule has 0 fully saturated rings. The molecule has 0 aliphatic carbocycles. The number of hydrogen-bond acceptors (Lipinski definition) is 15. The first-order chi connectivity index (χ1) is 43.9. The van der Waals surface area contributed by atoms with Crippen molar-refractivity contribution in [3.8, 4) is 0 Å². The van der Waals surface area contributed by atoms with Crippen molar-refractivity contribution in [1.29, 1.82) is 0 Å². The number of phosphoric acid groups is 2. The monoisotopic (exact) mass is 1340 g/mol. The van der Waals surface area contributed by atoms with Crippen molar-refractivity contribution in [3.05, 3.63) is 0 Å². The molecule has 0 aromatic carbocycles. The zero-order valence-electron chi connectivity index (χ0n) is 59.1. The second-order valence-corrected chi connectivity index (χ2v) is 29.8. The Morgan fingerprint density at radius 3 is 0.747 bits per heavy atom. The molecule has 0 radical (unpaired) electrons. The molecule has 0 rings (SSSR count). The van der Waals surface area contributed by atoms with Gasteiger partial charge in [-0.3, -0.25) is 37.3 Å². The highest BCUT2D eigenvalue weighted by molar-refractivity contribution is 7.47. The van der Waals surface area contributed by atoms with Gasteiger partial charge in [0.2, 0.25) is 0 Å². The number of ether oxygens (including phenoxy) is 4. The fraction of sp³-hybridized carbons (Fsp3) is 0.944. The zero-order valence-corrected chi connectivity index (χ0v) is 60.9. The second kappa shape index (κ2) is 64.1. The van der Waals surface area contributed by atoms with E-state index in [0.29, 0.717) is 25.7 Å². The first-order valence-corrected chi connectivity index (χ1v) is 40.5. The minimum Gasteiger partial charge on any atom is -0.462 e. The van der Waals surface area contributed by atoms with Crippen LogP contribution in [0.25, 0.3) is 0 Å². The van der Waals surface area contributed by atoms with E-state index in [1.54, 1.807) is 0 Å². The third-order valence-corrected chi connectivity index (χ3v) is 18.6. The highest BCUT2D eigenvalue weighted by Gasteiger charge is 2.30.